The first kappa shape index (κ1) is 13.9. The van der Waals surface area contributed by atoms with Crippen LogP contribution in [0.4, 0.5) is 4.39 Å². The Balaban J connectivity index is 2.12. The van der Waals surface area contributed by atoms with Gasteiger partial charge >= 0.3 is 0 Å². The third-order valence-corrected chi connectivity index (χ3v) is 5.08. The molecule has 0 amide bonds. The lowest BCUT2D eigenvalue weighted by Gasteiger charge is -2.36. The lowest BCUT2D eigenvalue weighted by atomic mass is 9.81. The quantitative estimate of drug-likeness (QED) is 0.880. The van der Waals surface area contributed by atoms with Gasteiger partial charge in [0.1, 0.15) is 5.82 Å². The Kier molecular flexibility index (Phi) is 3.77. The van der Waals surface area contributed by atoms with Crippen molar-refractivity contribution in [3.05, 3.63) is 28.5 Å². The van der Waals surface area contributed by atoms with E-state index in [9.17, 15) is 17.9 Å². The van der Waals surface area contributed by atoms with E-state index < -0.39 is 21.4 Å². The van der Waals surface area contributed by atoms with Crippen LogP contribution >= 0.6 is 15.9 Å². The van der Waals surface area contributed by atoms with Crippen molar-refractivity contribution in [1.82, 2.24) is 4.72 Å². The van der Waals surface area contributed by atoms with Crippen LogP contribution in [0.25, 0.3) is 0 Å². The molecular formula is C11H13BrFNO3S. The molecule has 4 nitrogen and oxygen atoms in total. The molecule has 1 aliphatic rings. The van der Waals surface area contributed by atoms with E-state index in [1.54, 1.807) is 0 Å². The van der Waals surface area contributed by atoms with Gasteiger partial charge in [-0.2, -0.15) is 0 Å². The lowest BCUT2D eigenvalue weighted by molar-refractivity contribution is -0.0270. The van der Waals surface area contributed by atoms with Gasteiger partial charge in [-0.05, 0) is 53.4 Å². The second-order valence-corrected chi connectivity index (χ2v) is 7.10. The molecule has 2 N–H and O–H groups in total. The van der Waals surface area contributed by atoms with E-state index >= 15 is 0 Å². The van der Waals surface area contributed by atoms with Crippen molar-refractivity contribution in [1.29, 1.82) is 0 Å². The van der Waals surface area contributed by atoms with Gasteiger partial charge in [-0.1, -0.05) is 0 Å². The molecule has 0 aromatic heterocycles. The van der Waals surface area contributed by atoms with Gasteiger partial charge in [-0.15, -0.1) is 0 Å². The summed E-state index contributed by atoms with van der Waals surface area (Å²) < 4.78 is 39.3. The van der Waals surface area contributed by atoms with E-state index in [4.69, 9.17) is 0 Å². The monoisotopic (exact) mass is 337 g/mol. The van der Waals surface area contributed by atoms with Crippen molar-refractivity contribution >= 4 is 26.0 Å². The van der Waals surface area contributed by atoms with Crippen molar-refractivity contribution in [3.63, 3.8) is 0 Å². The van der Waals surface area contributed by atoms with Gasteiger partial charge in [-0.25, -0.2) is 17.5 Å². The van der Waals surface area contributed by atoms with Gasteiger partial charge < -0.3 is 5.11 Å². The zero-order chi connectivity index (χ0) is 13.4. The van der Waals surface area contributed by atoms with Crippen LogP contribution in [0.5, 0.6) is 0 Å². The number of nitrogens with one attached hydrogen (secondary N) is 1. The van der Waals surface area contributed by atoms with Crippen LogP contribution in [0.2, 0.25) is 0 Å². The molecule has 1 aliphatic carbocycles. The maximum atomic E-state index is 13.0. The highest BCUT2D eigenvalue weighted by Gasteiger charge is 2.35. The molecule has 2 rings (SSSR count). The standard InChI is InChI=1S/C11H13BrFNO3S/c12-9-6-8(2-3-10(9)13)18(16,17)14-7-11(15)4-1-5-11/h2-3,6,14-15H,1,4-5,7H2. The fourth-order valence-corrected chi connectivity index (χ4v) is 3.39. The SMILES string of the molecule is O=S(=O)(NCC1(O)CCC1)c1ccc(F)c(Br)c1. The van der Waals surface area contributed by atoms with E-state index in [0.717, 1.165) is 12.5 Å². The third kappa shape index (κ3) is 2.90. The Morgan fingerprint density at radius 2 is 2.11 bits per heavy atom. The molecule has 0 atom stereocenters. The lowest BCUT2D eigenvalue weighted by Crippen LogP contribution is -2.47. The Hall–Kier alpha value is -0.500. The minimum absolute atomic E-state index is 0.00959. The topological polar surface area (TPSA) is 66.4 Å². The summed E-state index contributed by atoms with van der Waals surface area (Å²) in [5, 5.41) is 9.82. The summed E-state index contributed by atoms with van der Waals surface area (Å²) in [7, 11) is -3.72. The highest BCUT2D eigenvalue weighted by atomic mass is 79.9. The number of hydrogen-bond acceptors (Lipinski definition) is 3. The van der Waals surface area contributed by atoms with Gasteiger partial charge in [0, 0.05) is 6.54 Å². The summed E-state index contributed by atoms with van der Waals surface area (Å²) >= 11 is 2.94. The molecule has 0 saturated heterocycles. The molecule has 0 aliphatic heterocycles. The first-order valence-electron chi connectivity index (χ1n) is 5.50. The zero-order valence-corrected chi connectivity index (χ0v) is 11.9. The molecule has 0 bridgehead atoms. The van der Waals surface area contributed by atoms with Crippen molar-refractivity contribution in [2.45, 2.75) is 29.8 Å². The molecule has 1 fully saturated rings. The van der Waals surface area contributed by atoms with Crippen LogP contribution in [0.15, 0.2) is 27.6 Å². The zero-order valence-electron chi connectivity index (χ0n) is 9.49. The summed E-state index contributed by atoms with van der Waals surface area (Å²) in [4.78, 5) is -0.0290. The van der Waals surface area contributed by atoms with Crippen molar-refractivity contribution < 1.29 is 17.9 Å². The highest BCUT2D eigenvalue weighted by molar-refractivity contribution is 9.10. The van der Waals surface area contributed by atoms with Gasteiger partial charge in [-0.3, -0.25) is 0 Å². The summed E-state index contributed by atoms with van der Waals surface area (Å²) in [5.41, 5.74) is -0.926. The van der Waals surface area contributed by atoms with E-state index in [1.807, 2.05) is 0 Å². The Morgan fingerprint density at radius 3 is 2.61 bits per heavy atom. The van der Waals surface area contributed by atoms with Gasteiger partial charge in [0.25, 0.3) is 0 Å². The summed E-state index contributed by atoms with van der Waals surface area (Å²) in [5.74, 6) is -0.522. The van der Waals surface area contributed by atoms with Crippen LogP contribution in [0.3, 0.4) is 0 Å². The minimum atomic E-state index is -3.72. The number of rotatable bonds is 4. The largest absolute Gasteiger partial charge is 0.389 e. The highest BCUT2D eigenvalue weighted by Crippen LogP contribution is 2.31. The molecule has 0 radical (unpaired) electrons. The fourth-order valence-electron chi connectivity index (χ4n) is 1.72. The number of halogens is 2. The Labute approximate surface area is 113 Å². The Morgan fingerprint density at radius 1 is 1.44 bits per heavy atom. The smallest absolute Gasteiger partial charge is 0.240 e. The second-order valence-electron chi connectivity index (χ2n) is 4.48. The van der Waals surface area contributed by atoms with Crippen LogP contribution in [-0.2, 0) is 10.0 Å². The molecule has 7 heteroatoms. The van der Waals surface area contributed by atoms with Crippen LogP contribution in [0.1, 0.15) is 19.3 Å². The Bertz CT molecular complexity index is 557. The molecule has 0 heterocycles. The maximum Gasteiger partial charge on any atom is 0.240 e. The average molecular weight is 338 g/mol. The van der Waals surface area contributed by atoms with Crippen molar-refractivity contribution in [2.24, 2.45) is 0 Å². The van der Waals surface area contributed by atoms with Gasteiger partial charge in [0.15, 0.2) is 0 Å². The number of aliphatic hydroxyl groups is 1. The van der Waals surface area contributed by atoms with E-state index in [0.29, 0.717) is 12.8 Å². The van der Waals surface area contributed by atoms with Crippen molar-refractivity contribution in [2.75, 3.05) is 6.54 Å². The molecule has 0 spiro atoms. The first-order chi connectivity index (χ1) is 8.32. The van der Waals surface area contributed by atoms with Crippen LogP contribution in [0, 0.1) is 5.82 Å². The van der Waals surface area contributed by atoms with Crippen LogP contribution in [-0.4, -0.2) is 25.7 Å². The summed E-state index contributed by atoms with van der Waals surface area (Å²) in [6, 6.07) is 3.46. The number of hydrogen-bond donors (Lipinski definition) is 2. The maximum absolute atomic E-state index is 13.0. The summed E-state index contributed by atoms with van der Waals surface area (Å²) in [6.45, 7) is -0.00959. The molecule has 1 aromatic rings. The predicted octanol–water partition coefficient (Wildman–Crippen LogP) is 1.78. The minimum Gasteiger partial charge on any atom is -0.389 e. The number of benzene rings is 1. The molecule has 1 saturated carbocycles. The fraction of sp³-hybridized carbons (Fsp3) is 0.455. The molecule has 18 heavy (non-hydrogen) atoms. The first-order valence-corrected chi connectivity index (χ1v) is 7.77. The van der Waals surface area contributed by atoms with E-state index in [1.165, 1.54) is 12.1 Å². The molecular weight excluding hydrogens is 325 g/mol. The third-order valence-electron chi connectivity index (χ3n) is 3.08. The van der Waals surface area contributed by atoms with Gasteiger partial charge in [0.2, 0.25) is 10.0 Å². The van der Waals surface area contributed by atoms with Gasteiger partial charge in [0.05, 0.1) is 15.0 Å². The normalized spacial score (nSPS) is 18.4. The second kappa shape index (κ2) is 4.88. The van der Waals surface area contributed by atoms with E-state index in [-0.39, 0.29) is 15.9 Å². The van der Waals surface area contributed by atoms with Crippen LogP contribution < -0.4 is 4.72 Å². The molecule has 0 unspecified atom stereocenters. The number of sulfonamides is 1. The molecule has 100 valence electrons. The average Bonchev–Trinajstić information content (AvgIpc) is 2.27. The molecule has 1 aromatic carbocycles. The van der Waals surface area contributed by atoms with Crippen molar-refractivity contribution in [3.8, 4) is 0 Å². The summed E-state index contributed by atoms with van der Waals surface area (Å²) in [6.07, 6.45) is 2.10. The predicted molar refractivity (Wildman–Crippen MR) is 68.1 cm³/mol. The van der Waals surface area contributed by atoms with E-state index in [2.05, 4.69) is 20.7 Å².